The van der Waals surface area contributed by atoms with Crippen molar-refractivity contribution < 1.29 is 4.79 Å². The third-order valence-electron chi connectivity index (χ3n) is 4.53. The summed E-state index contributed by atoms with van der Waals surface area (Å²) in [5.74, 6) is 0.741. The first-order valence-corrected chi connectivity index (χ1v) is 10.3. The lowest BCUT2D eigenvalue weighted by Gasteiger charge is -2.20. The summed E-state index contributed by atoms with van der Waals surface area (Å²) in [6.07, 6.45) is 1.67. The summed E-state index contributed by atoms with van der Waals surface area (Å²) in [5, 5.41) is 19.1. The number of fused-ring (bicyclic) bond motifs is 1. The number of nitrogens with zero attached hydrogens (tertiary/aromatic N) is 4. The van der Waals surface area contributed by atoms with Crippen molar-refractivity contribution >= 4 is 51.6 Å². The molecule has 2 heterocycles. The molecule has 0 aliphatic heterocycles. The van der Waals surface area contributed by atoms with Gasteiger partial charge < -0.3 is 10.6 Å². The van der Waals surface area contributed by atoms with E-state index in [0.29, 0.717) is 38.6 Å². The number of carbonyl (C=O) groups excluding carboxylic acids is 1. The first-order chi connectivity index (χ1) is 14.6. The molecular formula is C21H21Cl2N7O. The van der Waals surface area contributed by atoms with Crippen molar-refractivity contribution in [3.05, 3.63) is 52.1 Å². The molecule has 2 aromatic carbocycles. The predicted molar refractivity (Wildman–Crippen MR) is 123 cm³/mol. The van der Waals surface area contributed by atoms with Crippen LogP contribution in [0.1, 0.15) is 31.1 Å². The van der Waals surface area contributed by atoms with E-state index in [1.807, 2.05) is 32.9 Å². The van der Waals surface area contributed by atoms with Gasteiger partial charge in [0.25, 0.3) is 5.91 Å². The molecular weight excluding hydrogens is 437 g/mol. The van der Waals surface area contributed by atoms with Crippen molar-refractivity contribution in [2.24, 2.45) is 7.05 Å². The van der Waals surface area contributed by atoms with Crippen molar-refractivity contribution in [2.75, 3.05) is 5.32 Å². The lowest BCUT2D eigenvalue weighted by molar-refractivity contribution is 0.0919. The molecule has 0 aliphatic carbocycles. The number of anilines is 2. The van der Waals surface area contributed by atoms with E-state index in [0.717, 1.165) is 10.9 Å². The van der Waals surface area contributed by atoms with E-state index in [1.54, 1.807) is 36.1 Å². The Kier molecular flexibility index (Phi) is 5.36. The maximum Gasteiger partial charge on any atom is 0.253 e. The SMILES string of the molecule is Cn1nc(-c2ccc(C(=O)NC(C)(C)C)c(Cl)c2)nc1Nc1ccc2[nH]ncc2c1Cl. The van der Waals surface area contributed by atoms with Crippen LogP contribution in [0, 0.1) is 0 Å². The number of rotatable bonds is 4. The standard InChI is InChI=1S/C21H21Cl2N7O/c1-21(2,3)27-19(31)12-6-5-11(9-14(12)22)18-26-20(30(4)29-18)25-16-8-7-15-13(17(16)23)10-24-28-15/h5-10H,1-4H3,(H,24,28)(H,27,31)(H,25,26,29). The molecule has 0 spiro atoms. The highest BCUT2D eigenvalue weighted by Gasteiger charge is 2.19. The Morgan fingerprint density at radius 2 is 1.94 bits per heavy atom. The molecule has 2 aromatic heterocycles. The Morgan fingerprint density at radius 3 is 2.65 bits per heavy atom. The van der Waals surface area contributed by atoms with E-state index < -0.39 is 0 Å². The molecule has 0 saturated carbocycles. The summed E-state index contributed by atoms with van der Waals surface area (Å²) in [4.78, 5) is 17.0. The molecule has 160 valence electrons. The van der Waals surface area contributed by atoms with Crippen LogP contribution in [0.2, 0.25) is 10.0 Å². The highest BCUT2D eigenvalue weighted by atomic mass is 35.5. The zero-order chi connectivity index (χ0) is 22.3. The summed E-state index contributed by atoms with van der Waals surface area (Å²) in [6.45, 7) is 5.74. The number of aromatic amines is 1. The van der Waals surface area contributed by atoms with Gasteiger partial charge in [-0.2, -0.15) is 10.1 Å². The Labute approximate surface area is 189 Å². The molecule has 4 rings (SSSR count). The van der Waals surface area contributed by atoms with Crippen molar-refractivity contribution in [2.45, 2.75) is 26.3 Å². The minimum absolute atomic E-state index is 0.232. The Bertz CT molecular complexity index is 1290. The van der Waals surface area contributed by atoms with E-state index in [1.165, 1.54) is 0 Å². The minimum Gasteiger partial charge on any atom is -0.347 e. The second kappa shape index (κ2) is 7.86. The third-order valence-corrected chi connectivity index (χ3v) is 5.25. The Balaban J connectivity index is 1.60. The Morgan fingerprint density at radius 1 is 1.16 bits per heavy atom. The topological polar surface area (TPSA) is 101 Å². The van der Waals surface area contributed by atoms with Crippen LogP contribution in [0.3, 0.4) is 0 Å². The molecule has 31 heavy (non-hydrogen) atoms. The number of benzene rings is 2. The fraction of sp³-hybridized carbons (Fsp3) is 0.238. The van der Waals surface area contributed by atoms with Gasteiger partial charge in [0.1, 0.15) is 0 Å². The molecule has 3 N–H and O–H groups in total. The summed E-state index contributed by atoms with van der Waals surface area (Å²) in [7, 11) is 1.77. The number of nitrogens with one attached hydrogen (secondary N) is 3. The zero-order valence-electron chi connectivity index (χ0n) is 17.4. The monoisotopic (exact) mass is 457 g/mol. The smallest absolute Gasteiger partial charge is 0.253 e. The van der Waals surface area contributed by atoms with Crippen LogP contribution in [0.4, 0.5) is 11.6 Å². The maximum atomic E-state index is 12.4. The number of amides is 1. The maximum absolute atomic E-state index is 12.4. The van der Waals surface area contributed by atoms with Crippen LogP contribution in [-0.4, -0.2) is 36.4 Å². The lowest BCUT2D eigenvalue weighted by Crippen LogP contribution is -2.40. The first kappa shape index (κ1) is 21.1. The normalized spacial score (nSPS) is 11.7. The van der Waals surface area contributed by atoms with Gasteiger partial charge in [0, 0.05) is 23.5 Å². The third kappa shape index (κ3) is 4.35. The number of H-pyrrole nitrogens is 1. The Hall–Kier alpha value is -3.10. The molecule has 8 nitrogen and oxygen atoms in total. The van der Waals surface area contributed by atoms with Crippen molar-refractivity contribution in [1.29, 1.82) is 0 Å². The molecule has 0 bridgehead atoms. The van der Waals surface area contributed by atoms with E-state index in [4.69, 9.17) is 23.2 Å². The summed E-state index contributed by atoms with van der Waals surface area (Å²) in [5.41, 5.74) is 2.26. The number of carbonyl (C=O) groups is 1. The van der Waals surface area contributed by atoms with Crippen molar-refractivity contribution in [3.8, 4) is 11.4 Å². The molecule has 10 heteroatoms. The van der Waals surface area contributed by atoms with Gasteiger partial charge in [-0.1, -0.05) is 29.3 Å². The summed E-state index contributed by atoms with van der Waals surface area (Å²) >= 11 is 12.9. The quantitative estimate of drug-likeness (QED) is 0.402. The molecule has 0 fully saturated rings. The predicted octanol–water partition coefficient (Wildman–Crippen LogP) is 4.94. The summed E-state index contributed by atoms with van der Waals surface area (Å²) in [6, 6.07) is 8.85. The molecule has 4 aromatic rings. The fourth-order valence-corrected chi connectivity index (χ4v) is 3.59. The minimum atomic E-state index is -0.358. The molecule has 0 aliphatic rings. The molecule has 1 amide bonds. The second-order valence-corrected chi connectivity index (χ2v) is 8.95. The summed E-state index contributed by atoms with van der Waals surface area (Å²) < 4.78 is 1.61. The lowest BCUT2D eigenvalue weighted by atomic mass is 10.1. The van der Waals surface area contributed by atoms with E-state index >= 15 is 0 Å². The zero-order valence-corrected chi connectivity index (χ0v) is 18.9. The number of hydrogen-bond donors (Lipinski definition) is 3. The number of aryl methyl sites for hydroxylation is 1. The van der Waals surface area contributed by atoms with Crippen LogP contribution in [0.25, 0.3) is 22.3 Å². The van der Waals surface area contributed by atoms with Crippen LogP contribution in [0.15, 0.2) is 36.5 Å². The average molecular weight is 458 g/mol. The number of halogens is 2. The van der Waals surface area contributed by atoms with Crippen molar-refractivity contribution in [1.82, 2.24) is 30.3 Å². The van der Waals surface area contributed by atoms with Gasteiger partial charge >= 0.3 is 0 Å². The number of aromatic nitrogens is 5. The molecule has 0 radical (unpaired) electrons. The van der Waals surface area contributed by atoms with Crippen molar-refractivity contribution in [3.63, 3.8) is 0 Å². The fourth-order valence-electron chi connectivity index (χ4n) is 3.06. The number of hydrogen-bond acceptors (Lipinski definition) is 5. The van der Waals surface area contributed by atoms with Crippen LogP contribution in [-0.2, 0) is 7.05 Å². The second-order valence-electron chi connectivity index (χ2n) is 8.16. The van der Waals surface area contributed by atoms with E-state index in [-0.39, 0.29) is 11.4 Å². The van der Waals surface area contributed by atoms with Crippen LogP contribution >= 0.6 is 23.2 Å². The van der Waals surface area contributed by atoms with Gasteiger partial charge in [-0.3, -0.25) is 9.89 Å². The van der Waals surface area contributed by atoms with E-state index in [2.05, 4.69) is 30.9 Å². The molecule has 0 unspecified atom stereocenters. The molecule has 0 atom stereocenters. The van der Waals surface area contributed by atoms with Gasteiger partial charge in [-0.15, -0.1) is 5.10 Å². The van der Waals surface area contributed by atoms with Gasteiger partial charge in [0.05, 0.1) is 33.0 Å². The van der Waals surface area contributed by atoms with Gasteiger partial charge in [-0.25, -0.2) is 4.68 Å². The average Bonchev–Trinajstić information content (AvgIpc) is 3.30. The van der Waals surface area contributed by atoms with Crippen LogP contribution in [0.5, 0.6) is 0 Å². The highest BCUT2D eigenvalue weighted by molar-refractivity contribution is 6.38. The van der Waals surface area contributed by atoms with E-state index in [9.17, 15) is 4.79 Å². The molecule has 0 saturated heterocycles. The van der Waals surface area contributed by atoms with Gasteiger partial charge in [-0.05, 0) is 45.0 Å². The van der Waals surface area contributed by atoms with Crippen LogP contribution < -0.4 is 10.6 Å². The highest BCUT2D eigenvalue weighted by Crippen LogP contribution is 2.32. The first-order valence-electron chi connectivity index (χ1n) is 9.54. The largest absolute Gasteiger partial charge is 0.347 e. The van der Waals surface area contributed by atoms with Gasteiger partial charge in [0.2, 0.25) is 5.95 Å². The van der Waals surface area contributed by atoms with Gasteiger partial charge in [0.15, 0.2) is 5.82 Å².